The molecule has 172 valence electrons. The molecular weight excluding hydrogens is 430 g/mol. The zero-order valence-electron chi connectivity index (χ0n) is 18.5. The summed E-state index contributed by atoms with van der Waals surface area (Å²) in [6.45, 7) is 0. The molecule has 0 aliphatic heterocycles. The van der Waals surface area contributed by atoms with Gasteiger partial charge in [-0.05, 0) is 42.5 Å². The number of benzene rings is 2. The minimum absolute atomic E-state index is 0.194. The second-order valence-electron chi connectivity index (χ2n) is 6.95. The average Bonchev–Trinajstić information content (AvgIpc) is 3.25. The molecule has 8 N–H and O–H groups in total. The van der Waals surface area contributed by atoms with Crippen molar-refractivity contribution in [2.45, 2.75) is 0 Å². The van der Waals surface area contributed by atoms with Crippen LogP contribution in [0.4, 0.5) is 23.0 Å². The molecule has 0 aliphatic rings. The van der Waals surface area contributed by atoms with Crippen molar-refractivity contribution in [2.75, 3.05) is 23.4 Å². The van der Waals surface area contributed by atoms with E-state index in [1.807, 2.05) is 66.3 Å². The van der Waals surface area contributed by atoms with Crippen LogP contribution in [-0.2, 0) is 4.79 Å². The van der Waals surface area contributed by atoms with Crippen LogP contribution in [0, 0.1) is 10.8 Å². The van der Waals surface area contributed by atoms with Crippen LogP contribution in [0.25, 0.3) is 16.7 Å². The molecule has 0 amide bonds. The van der Waals surface area contributed by atoms with Crippen molar-refractivity contribution < 1.29 is 4.79 Å². The summed E-state index contributed by atoms with van der Waals surface area (Å²) >= 11 is 0. The molecule has 0 unspecified atom stereocenters. The van der Waals surface area contributed by atoms with Crippen LogP contribution < -0.4 is 22.1 Å². The zero-order chi connectivity index (χ0) is 24.5. The maximum Gasteiger partial charge on any atom is 0.160 e. The summed E-state index contributed by atoms with van der Waals surface area (Å²) in [6, 6.07) is 19.2. The molecule has 2 aromatic heterocycles. The van der Waals surface area contributed by atoms with Gasteiger partial charge in [-0.15, -0.1) is 5.10 Å². The predicted molar refractivity (Wildman–Crippen MR) is 138 cm³/mol. The molecule has 2 aromatic carbocycles. The van der Waals surface area contributed by atoms with Gasteiger partial charge in [0, 0.05) is 53.6 Å². The topological polar surface area (TPSA) is 172 Å². The SMILES string of the molecule is CNc1cccc(-n2nc(Nc3ccc(N)c(C=N)c3)c3ccccc32)n1.N=C/C(C=O)=C\N. The lowest BCUT2D eigenvalue weighted by Crippen LogP contribution is -2.02. The largest absolute Gasteiger partial charge is 0.404 e. The summed E-state index contributed by atoms with van der Waals surface area (Å²) in [6.07, 6.45) is 3.74. The molecule has 0 atom stereocenters. The number of hydrogen-bond donors (Lipinski definition) is 6. The number of carbonyl (C=O) groups excluding carboxylic acids is 1. The van der Waals surface area contributed by atoms with Crippen molar-refractivity contribution in [3.63, 3.8) is 0 Å². The number of carbonyl (C=O) groups is 1. The highest BCUT2D eigenvalue weighted by molar-refractivity contribution is 6.00. The number of para-hydroxylation sites is 1. The lowest BCUT2D eigenvalue weighted by Gasteiger charge is -2.07. The highest BCUT2D eigenvalue weighted by Gasteiger charge is 2.13. The van der Waals surface area contributed by atoms with E-state index in [-0.39, 0.29) is 5.57 Å². The highest BCUT2D eigenvalue weighted by atomic mass is 16.1. The Labute approximate surface area is 196 Å². The summed E-state index contributed by atoms with van der Waals surface area (Å²) in [5, 5.41) is 26.0. The van der Waals surface area contributed by atoms with Gasteiger partial charge in [-0.25, -0.2) is 9.67 Å². The molecular formula is C24H25N9O. The van der Waals surface area contributed by atoms with Crippen molar-refractivity contribution in [1.82, 2.24) is 14.8 Å². The number of nitrogen functional groups attached to an aromatic ring is 1. The number of allylic oxidation sites excluding steroid dienone is 1. The maximum absolute atomic E-state index is 9.67. The number of nitrogens with one attached hydrogen (secondary N) is 4. The van der Waals surface area contributed by atoms with Crippen LogP contribution >= 0.6 is 0 Å². The Morgan fingerprint density at radius 1 is 1.09 bits per heavy atom. The number of aldehydes is 1. The fourth-order valence-electron chi connectivity index (χ4n) is 3.05. The van der Waals surface area contributed by atoms with Crippen LogP contribution in [0.1, 0.15) is 5.56 Å². The van der Waals surface area contributed by atoms with Gasteiger partial charge in [-0.1, -0.05) is 18.2 Å². The summed E-state index contributed by atoms with van der Waals surface area (Å²) in [4.78, 5) is 14.3. The molecule has 0 fully saturated rings. The van der Waals surface area contributed by atoms with Gasteiger partial charge in [0.15, 0.2) is 17.9 Å². The molecule has 4 aromatic rings. The van der Waals surface area contributed by atoms with Gasteiger partial charge >= 0.3 is 0 Å². The van der Waals surface area contributed by atoms with Crippen molar-refractivity contribution in [3.8, 4) is 5.82 Å². The lowest BCUT2D eigenvalue weighted by atomic mass is 10.1. The highest BCUT2D eigenvalue weighted by Crippen LogP contribution is 2.28. The Bertz CT molecular complexity index is 1350. The molecule has 0 saturated carbocycles. The van der Waals surface area contributed by atoms with E-state index in [1.54, 1.807) is 6.07 Å². The Morgan fingerprint density at radius 2 is 1.88 bits per heavy atom. The first kappa shape index (κ1) is 23.7. The maximum atomic E-state index is 9.67. The summed E-state index contributed by atoms with van der Waals surface area (Å²) < 4.78 is 1.81. The Morgan fingerprint density at radius 3 is 2.53 bits per heavy atom. The van der Waals surface area contributed by atoms with Crippen LogP contribution in [0.2, 0.25) is 0 Å². The smallest absolute Gasteiger partial charge is 0.160 e. The van der Waals surface area contributed by atoms with Gasteiger partial charge in [-0.3, -0.25) is 4.79 Å². The van der Waals surface area contributed by atoms with Crippen molar-refractivity contribution in [2.24, 2.45) is 5.73 Å². The van der Waals surface area contributed by atoms with Gasteiger partial charge < -0.3 is 32.9 Å². The fourth-order valence-corrected chi connectivity index (χ4v) is 3.05. The average molecular weight is 456 g/mol. The summed E-state index contributed by atoms with van der Waals surface area (Å²) in [5.74, 6) is 2.21. The lowest BCUT2D eigenvalue weighted by molar-refractivity contribution is -0.104. The number of hydrogen-bond acceptors (Lipinski definition) is 9. The first-order valence-electron chi connectivity index (χ1n) is 10.2. The van der Waals surface area contributed by atoms with E-state index in [9.17, 15) is 4.79 Å². The minimum Gasteiger partial charge on any atom is -0.404 e. The monoisotopic (exact) mass is 455 g/mol. The van der Waals surface area contributed by atoms with Gasteiger partial charge in [0.25, 0.3) is 0 Å². The second kappa shape index (κ2) is 11.0. The van der Waals surface area contributed by atoms with Crippen molar-refractivity contribution in [1.29, 1.82) is 10.8 Å². The number of anilines is 4. The second-order valence-corrected chi connectivity index (χ2v) is 6.95. The van der Waals surface area contributed by atoms with Crippen molar-refractivity contribution in [3.05, 3.63) is 78.0 Å². The third-order valence-corrected chi connectivity index (χ3v) is 4.80. The molecule has 34 heavy (non-hydrogen) atoms. The third kappa shape index (κ3) is 5.25. The van der Waals surface area contributed by atoms with E-state index in [1.165, 1.54) is 6.21 Å². The molecule has 0 radical (unpaired) electrons. The number of nitrogens with two attached hydrogens (primary N) is 2. The Balaban J connectivity index is 0.000000406. The van der Waals surface area contributed by atoms with Gasteiger partial charge in [-0.2, -0.15) is 0 Å². The third-order valence-electron chi connectivity index (χ3n) is 4.80. The zero-order valence-corrected chi connectivity index (χ0v) is 18.5. The Kier molecular flexibility index (Phi) is 7.69. The molecule has 0 saturated heterocycles. The number of pyridine rings is 1. The van der Waals surface area contributed by atoms with Crippen LogP contribution in [-0.4, -0.2) is 40.5 Å². The van der Waals surface area contributed by atoms with E-state index in [4.69, 9.17) is 27.4 Å². The minimum atomic E-state index is 0.194. The van der Waals surface area contributed by atoms with Crippen LogP contribution in [0.15, 0.2) is 72.4 Å². The molecule has 10 nitrogen and oxygen atoms in total. The Hall–Kier alpha value is -4.99. The quantitative estimate of drug-likeness (QED) is 0.107. The molecule has 0 spiro atoms. The first-order valence-corrected chi connectivity index (χ1v) is 10.2. The van der Waals surface area contributed by atoms with Gasteiger partial charge in [0.2, 0.25) is 0 Å². The van der Waals surface area contributed by atoms with E-state index < -0.39 is 0 Å². The normalized spacial score (nSPS) is 10.7. The predicted octanol–water partition coefficient (Wildman–Crippen LogP) is 3.46. The van der Waals surface area contributed by atoms with Gasteiger partial charge in [0.05, 0.1) is 5.52 Å². The molecule has 10 heteroatoms. The van der Waals surface area contributed by atoms with Crippen molar-refractivity contribution >= 4 is 52.6 Å². The van der Waals surface area contributed by atoms with E-state index in [0.29, 0.717) is 23.4 Å². The molecule has 0 aliphatic carbocycles. The van der Waals surface area contributed by atoms with Crippen LogP contribution in [0.5, 0.6) is 0 Å². The van der Waals surface area contributed by atoms with Crippen LogP contribution in [0.3, 0.4) is 0 Å². The molecule has 0 bridgehead atoms. The number of fused-ring (bicyclic) bond motifs is 1. The summed E-state index contributed by atoms with van der Waals surface area (Å²) in [7, 11) is 1.84. The molecule has 4 rings (SSSR count). The van der Waals surface area contributed by atoms with E-state index in [0.717, 1.165) is 40.6 Å². The number of aromatic nitrogens is 3. The standard InChI is InChI=1S/C20H19N7.C4H6N2O/c1-23-18-7-4-8-19(25-18)27-17-6-3-2-5-15(17)20(26-27)24-14-9-10-16(22)13(11-14)12-21;5-1-4(2-6)3-7/h2-12,21H,22H2,1H3,(H,23,25)(H,24,26);1-3,5H,6H2/b;4-2+,5-1?. The fraction of sp³-hybridized carbons (Fsp3) is 0.0417. The van der Waals surface area contributed by atoms with E-state index in [2.05, 4.69) is 15.6 Å². The number of nitrogens with zero attached hydrogens (tertiary/aromatic N) is 3. The van der Waals surface area contributed by atoms with E-state index >= 15 is 0 Å². The molecule has 2 heterocycles. The van der Waals surface area contributed by atoms with Gasteiger partial charge in [0.1, 0.15) is 5.82 Å². The summed E-state index contributed by atoms with van der Waals surface area (Å²) in [5.41, 5.74) is 13.9. The number of rotatable bonds is 7. The first-order chi connectivity index (χ1) is 16.5.